The first-order valence-electron chi connectivity index (χ1n) is 7.56. The molecule has 22 heavy (non-hydrogen) atoms. The zero-order valence-corrected chi connectivity index (χ0v) is 14.9. The summed E-state index contributed by atoms with van der Waals surface area (Å²) in [5.74, 6) is 1.01. The monoisotopic (exact) mass is 321 g/mol. The molecule has 0 spiro atoms. The Hall–Kier alpha value is -1.49. The molecule has 1 rings (SSSR count). The van der Waals surface area contributed by atoms with Gasteiger partial charge < -0.3 is 9.47 Å². The number of aromatic nitrogens is 2. The molecule has 4 nitrogen and oxygen atoms in total. The van der Waals surface area contributed by atoms with Crippen LogP contribution in [0.1, 0.15) is 25.2 Å². The highest BCUT2D eigenvalue weighted by Crippen LogP contribution is 2.22. The lowest BCUT2D eigenvalue weighted by atomic mass is 10.2. The van der Waals surface area contributed by atoms with Crippen molar-refractivity contribution in [2.24, 2.45) is 5.92 Å². The van der Waals surface area contributed by atoms with Crippen LogP contribution in [0.15, 0.2) is 30.5 Å². The Morgan fingerprint density at radius 2 is 1.91 bits per heavy atom. The predicted molar refractivity (Wildman–Crippen MR) is 94.2 cm³/mol. The lowest BCUT2D eigenvalue weighted by molar-refractivity contribution is -0.127. The van der Waals surface area contributed by atoms with Crippen molar-refractivity contribution >= 4 is 17.7 Å². The van der Waals surface area contributed by atoms with Crippen molar-refractivity contribution in [2.45, 2.75) is 39.4 Å². The maximum atomic E-state index is 12.3. The molecule has 1 aromatic heterocycles. The van der Waals surface area contributed by atoms with Gasteiger partial charge in [-0.25, -0.2) is 4.98 Å². The Bertz CT molecular complexity index is 524. The quantitative estimate of drug-likeness (QED) is 0.516. The molecule has 1 heterocycles. The number of thioether (sulfide) groups is 1. The van der Waals surface area contributed by atoms with E-state index in [-0.39, 0.29) is 5.91 Å². The number of hydrogen-bond donors (Lipinski definition) is 0. The summed E-state index contributed by atoms with van der Waals surface area (Å²) in [6, 6.07) is 0. The lowest BCUT2D eigenvalue weighted by Crippen LogP contribution is -2.32. The molecule has 1 amide bonds. The highest BCUT2D eigenvalue weighted by Gasteiger charge is 2.16. The molecule has 0 aliphatic rings. The van der Waals surface area contributed by atoms with Gasteiger partial charge in [-0.3, -0.25) is 4.79 Å². The Balaban J connectivity index is 2.78. The van der Waals surface area contributed by atoms with E-state index in [0.29, 0.717) is 24.8 Å². The van der Waals surface area contributed by atoms with E-state index in [1.54, 1.807) is 17.1 Å². The van der Waals surface area contributed by atoms with E-state index in [1.165, 1.54) is 17.5 Å². The van der Waals surface area contributed by atoms with Gasteiger partial charge in [-0.1, -0.05) is 37.8 Å². The molecule has 122 valence electrons. The van der Waals surface area contributed by atoms with Gasteiger partial charge in [-0.2, -0.15) is 0 Å². The van der Waals surface area contributed by atoms with Crippen LogP contribution < -0.4 is 0 Å². The van der Waals surface area contributed by atoms with Crippen LogP contribution in [-0.2, 0) is 11.3 Å². The molecule has 0 N–H and O–H groups in total. The van der Waals surface area contributed by atoms with Gasteiger partial charge in [0, 0.05) is 25.3 Å². The Morgan fingerprint density at radius 1 is 1.32 bits per heavy atom. The van der Waals surface area contributed by atoms with Crippen LogP contribution >= 0.6 is 11.8 Å². The fourth-order valence-electron chi connectivity index (χ4n) is 2.12. The fraction of sp³-hybridized carbons (Fsp3) is 0.529. The van der Waals surface area contributed by atoms with E-state index in [4.69, 9.17) is 0 Å². The Morgan fingerprint density at radius 3 is 2.41 bits per heavy atom. The van der Waals surface area contributed by atoms with Crippen LogP contribution in [0.2, 0.25) is 0 Å². The lowest BCUT2D eigenvalue weighted by Gasteiger charge is -2.19. The summed E-state index contributed by atoms with van der Waals surface area (Å²) in [6.45, 7) is 17.9. The van der Waals surface area contributed by atoms with E-state index in [0.717, 1.165) is 17.4 Å². The van der Waals surface area contributed by atoms with Crippen molar-refractivity contribution in [2.75, 3.05) is 18.8 Å². The minimum atomic E-state index is 0.0826. The number of imidazole rings is 1. The van der Waals surface area contributed by atoms with Crippen LogP contribution in [0, 0.1) is 19.8 Å². The van der Waals surface area contributed by atoms with E-state index in [2.05, 4.69) is 43.5 Å². The van der Waals surface area contributed by atoms with Crippen molar-refractivity contribution in [1.29, 1.82) is 0 Å². The van der Waals surface area contributed by atoms with Gasteiger partial charge in [0.15, 0.2) is 5.16 Å². The maximum absolute atomic E-state index is 12.3. The van der Waals surface area contributed by atoms with Crippen molar-refractivity contribution in [3.63, 3.8) is 0 Å². The van der Waals surface area contributed by atoms with Gasteiger partial charge in [0.25, 0.3) is 0 Å². The van der Waals surface area contributed by atoms with Crippen molar-refractivity contribution < 1.29 is 4.79 Å². The highest BCUT2D eigenvalue weighted by atomic mass is 32.2. The molecule has 1 aromatic rings. The molecule has 0 radical (unpaired) electrons. The fourth-order valence-corrected chi connectivity index (χ4v) is 3.13. The third-order valence-corrected chi connectivity index (χ3v) is 4.31. The topological polar surface area (TPSA) is 38.1 Å². The first-order chi connectivity index (χ1) is 10.4. The first-order valence-corrected chi connectivity index (χ1v) is 8.55. The van der Waals surface area contributed by atoms with Crippen LogP contribution in [-0.4, -0.2) is 39.2 Å². The molecule has 0 aliphatic carbocycles. The summed E-state index contributed by atoms with van der Waals surface area (Å²) in [5.41, 5.74) is 2.21. The molecule has 0 bridgehead atoms. The number of rotatable bonds is 9. The normalized spacial score (nSPS) is 10.8. The third kappa shape index (κ3) is 5.05. The first kappa shape index (κ1) is 18.6. The van der Waals surface area contributed by atoms with Crippen LogP contribution in [0.25, 0.3) is 0 Å². The molecule has 0 aliphatic heterocycles. The van der Waals surface area contributed by atoms with E-state index in [9.17, 15) is 4.79 Å². The Kier molecular flexibility index (Phi) is 7.45. The average molecular weight is 321 g/mol. The zero-order valence-electron chi connectivity index (χ0n) is 14.1. The summed E-state index contributed by atoms with van der Waals surface area (Å²) >= 11 is 1.50. The summed E-state index contributed by atoms with van der Waals surface area (Å²) < 4.78 is 2.21. The molecule has 0 fully saturated rings. The molecule has 0 unspecified atom stereocenters. The van der Waals surface area contributed by atoms with Gasteiger partial charge in [0.05, 0.1) is 11.4 Å². The van der Waals surface area contributed by atoms with E-state index in [1.807, 2.05) is 6.92 Å². The molecular formula is C17H27N3OS. The minimum absolute atomic E-state index is 0.0826. The maximum Gasteiger partial charge on any atom is 0.233 e. The van der Waals surface area contributed by atoms with Crippen molar-refractivity contribution in [1.82, 2.24) is 14.5 Å². The molecule has 0 aromatic carbocycles. The number of amides is 1. The van der Waals surface area contributed by atoms with Crippen LogP contribution in [0.4, 0.5) is 0 Å². The molecule has 0 atom stereocenters. The standard InChI is InChI=1S/C17H27N3OS/c1-7-9-19(10-8-2)16(21)12-22-17-18-14(5)15(6)20(17)11-13(3)4/h7-8,13H,1-2,9-12H2,3-6H3. The molecule has 5 heteroatoms. The Labute approximate surface area is 138 Å². The second-order valence-electron chi connectivity index (χ2n) is 5.73. The number of aryl methyl sites for hydroxylation is 1. The summed E-state index contributed by atoms with van der Waals surface area (Å²) in [7, 11) is 0. The van der Waals surface area contributed by atoms with Gasteiger partial charge in [-0.05, 0) is 19.8 Å². The zero-order chi connectivity index (χ0) is 16.7. The number of hydrogen-bond acceptors (Lipinski definition) is 3. The highest BCUT2D eigenvalue weighted by molar-refractivity contribution is 7.99. The van der Waals surface area contributed by atoms with Gasteiger partial charge in [0.2, 0.25) is 5.91 Å². The average Bonchev–Trinajstić information content (AvgIpc) is 2.72. The molecular weight excluding hydrogens is 294 g/mol. The summed E-state index contributed by atoms with van der Waals surface area (Å²) in [6.07, 6.45) is 3.47. The smallest absolute Gasteiger partial charge is 0.233 e. The third-order valence-electron chi connectivity index (χ3n) is 3.35. The second kappa shape index (κ2) is 8.83. The number of carbonyl (C=O) groups excluding carboxylic acids is 1. The van der Waals surface area contributed by atoms with Crippen LogP contribution in [0.5, 0.6) is 0 Å². The molecule has 0 saturated carbocycles. The minimum Gasteiger partial charge on any atom is -0.335 e. The predicted octanol–water partition coefficient (Wildman–Crippen LogP) is 3.45. The summed E-state index contributed by atoms with van der Waals surface area (Å²) in [5, 5.41) is 0.925. The number of carbonyl (C=O) groups is 1. The largest absolute Gasteiger partial charge is 0.335 e. The van der Waals surface area contributed by atoms with Gasteiger partial charge >= 0.3 is 0 Å². The van der Waals surface area contributed by atoms with E-state index >= 15 is 0 Å². The molecule has 0 saturated heterocycles. The van der Waals surface area contributed by atoms with Crippen molar-refractivity contribution in [3.8, 4) is 0 Å². The van der Waals surface area contributed by atoms with Gasteiger partial charge in [-0.15, -0.1) is 13.2 Å². The number of nitrogens with zero attached hydrogens (tertiary/aromatic N) is 3. The van der Waals surface area contributed by atoms with Crippen LogP contribution in [0.3, 0.4) is 0 Å². The van der Waals surface area contributed by atoms with Crippen molar-refractivity contribution in [3.05, 3.63) is 36.7 Å². The SMILES string of the molecule is C=CCN(CC=C)C(=O)CSc1nc(C)c(C)n1CC(C)C. The summed E-state index contributed by atoms with van der Waals surface area (Å²) in [4.78, 5) is 18.6. The van der Waals surface area contributed by atoms with E-state index < -0.39 is 0 Å². The van der Waals surface area contributed by atoms with Gasteiger partial charge in [0.1, 0.15) is 0 Å². The second-order valence-corrected chi connectivity index (χ2v) is 6.68.